The average Bonchev–Trinajstić information content (AvgIpc) is 2.67. The predicted octanol–water partition coefficient (Wildman–Crippen LogP) is 3.61. The van der Waals surface area contributed by atoms with Crippen molar-refractivity contribution < 1.29 is 9.59 Å². The lowest BCUT2D eigenvalue weighted by Crippen LogP contribution is -2.33. The molecule has 0 aliphatic carbocycles. The molecule has 1 aliphatic rings. The molecule has 2 amide bonds. The van der Waals surface area contributed by atoms with Gasteiger partial charge in [0.05, 0.1) is 0 Å². The first-order valence-electron chi connectivity index (χ1n) is 7.94. The van der Waals surface area contributed by atoms with Crippen LogP contribution in [0.2, 0.25) is 0 Å². The van der Waals surface area contributed by atoms with E-state index in [-0.39, 0.29) is 11.8 Å². The number of carbonyl (C=O) groups excluding carboxylic acids is 2. The van der Waals surface area contributed by atoms with Crippen molar-refractivity contribution in [3.63, 3.8) is 0 Å². The zero-order valence-electron chi connectivity index (χ0n) is 13.3. The first-order valence-corrected chi connectivity index (χ1v) is 7.94. The molecule has 5 nitrogen and oxygen atoms in total. The maximum Gasteiger partial charge on any atom is 0.319 e. The number of hydrogen-bond donors (Lipinski definition) is 2. The summed E-state index contributed by atoms with van der Waals surface area (Å²) < 4.78 is 0. The van der Waals surface area contributed by atoms with Crippen molar-refractivity contribution in [1.82, 2.24) is 10.3 Å². The summed E-state index contributed by atoms with van der Waals surface area (Å²) in [5.74, 6) is -0.0524. The molecule has 25 heavy (non-hydrogen) atoms. The van der Waals surface area contributed by atoms with Crippen molar-refractivity contribution in [2.75, 3.05) is 5.32 Å². The minimum absolute atomic E-state index is 0.0524. The van der Waals surface area contributed by atoms with Crippen LogP contribution in [-0.4, -0.2) is 16.8 Å². The van der Waals surface area contributed by atoms with Crippen LogP contribution in [0.25, 0.3) is 11.1 Å². The van der Waals surface area contributed by atoms with E-state index in [1.54, 1.807) is 24.5 Å². The van der Waals surface area contributed by atoms with Crippen LogP contribution in [0.4, 0.5) is 10.5 Å². The molecule has 0 bridgehead atoms. The highest BCUT2D eigenvalue weighted by molar-refractivity contribution is 6.09. The van der Waals surface area contributed by atoms with Crippen LogP contribution in [0.15, 0.2) is 67.0 Å². The summed E-state index contributed by atoms with van der Waals surface area (Å²) in [6.45, 7) is 0.528. The molecule has 0 unspecified atom stereocenters. The van der Waals surface area contributed by atoms with Crippen molar-refractivity contribution in [3.05, 3.63) is 83.7 Å². The smallest absolute Gasteiger partial charge is 0.319 e. The van der Waals surface area contributed by atoms with Gasteiger partial charge in [-0.3, -0.25) is 9.78 Å². The van der Waals surface area contributed by atoms with Gasteiger partial charge in [0.1, 0.15) is 0 Å². The van der Waals surface area contributed by atoms with Gasteiger partial charge >= 0.3 is 6.03 Å². The maximum atomic E-state index is 12.4. The Hall–Kier alpha value is -3.47. The number of benzene rings is 2. The van der Waals surface area contributed by atoms with Gasteiger partial charge in [-0.1, -0.05) is 36.4 Å². The third-order valence-corrected chi connectivity index (χ3v) is 4.20. The molecule has 5 heteroatoms. The molecule has 0 spiro atoms. The standard InChI is InChI=1S/C20H15N3O2/c24-19(17-2-1-9-21-11-17)14-5-3-13(4-6-14)15-7-8-16-12-22-20(25)23-18(16)10-15/h1-11H,12H2,(H2,22,23,25). The van der Waals surface area contributed by atoms with Gasteiger partial charge in [-0.05, 0) is 34.9 Å². The van der Waals surface area contributed by atoms with E-state index in [2.05, 4.69) is 15.6 Å². The summed E-state index contributed by atoms with van der Waals surface area (Å²) in [5, 5.41) is 5.55. The highest BCUT2D eigenvalue weighted by atomic mass is 16.2. The Balaban J connectivity index is 1.61. The van der Waals surface area contributed by atoms with Crippen molar-refractivity contribution in [1.29, 1.82) is 0 Å². The van der Waals surface area contributed by atoms with Crippen molar-refractivity contribution >= 4 is 17.5 Å². The number of hydrogen-bond acceptors (Lipinski definition) is 3. The number of fused-ring (bicyclic) bond motifs is 1. The van der Waals surface area contributed by atoms with Crippen LogP contribution < -0.4 is 10.6 Å². The lowest BCUT2D eigenvalue weighted by Gasteiger charge is -2.19. The monoisotopic (exact) mass is 329 g/mol. The van der Waals surface area contributed by atoms with Gasteiger partial charge < -0.3 is 10.6 Å². The second-order valence-corrected chi connectivity index (χ2v) is 5.83. The first-order chi connectivity index (χ1) is 12.2. The second kappa shape index (κ2) is 6.20. The van der Waals surface area contributed by atoms with E-state index in [4.69, 9.17) is 0 Å². The Morgan fingerprint density at radius 3 is 2.52 bits per heavy atom. The number of pyridine rings is 1. The van der Waals surface area contributed by atoms with Gasteiger partial charge in [-0.25, -0.2) is 4.79 Å². The number of anilines is 1. The Morgan fingerprint density at radius 2 is 1.76 bits per heavy atom. The lowest BCUT2D eigenvalue weighted by molar-refractivity contribution is 0.103. The predicted molar refractivity (Wildman–Crippen MR) is 95.4 cm³/mol. The second-order valence-electron chi connectivity index (χ2n) is 5.83. The van der Waals surface area contributed by atoms with Gasteiger partial charge in [0, 0.05) is 35.8 Å². The number of nitrogens with zero attached hydrogens (tertiary/aromatic N) is 1. The van der Waals surface area contributed by atoms with Crippen LogP contribution in [0, 0.1) is 0 Å². The quantitative estimate of drug-likeness (QED) is 0.721. The number of rotatable bonds is 3. The Morgan fingerprint density at radius 1 is 0.960 bits per heavy atom. The normalized spacial score (nSPS) is 12.7. The molecule has 2 aromatic carbocycles. The fraction of sp³-hybridized carbons (Fsp3) is 0.0500. The third-order valence-electron chi connectivity index (χ3n) is 4.20. The largest absolute Gasteiger partial charge is 0.334 e. The topological polar surface area (TPSA) is 71.1 Å². The number of aromatic nitrogens is 1. The van der Waals surface area contributed by atoms with Gasteiger partial charge in [-0.15, -0.1) is 0 Å². The first kappa shape index (κ1) is 15.1. The molecule has 3 aromatic rings. The highest BCUT2D eigenvalue weighted by Gasteiger charge is 2.14. The van der Waals surface area contributed by atoms with E-state index < -0.39 is 0 Å². The molecular weight excluding hydrogens is 314 g/mol. The van der Waals surface area contributed by atoms with Crippen LogP contribution in [0.5, 0.6) is 0 Å². The molecule has 4 rings (SSSR count). The fourth-order valence-electron chi connectivity index (χ4n) is 2.85. The van der Waals surface area contributed by atoms with E-state index in [0.29, 0.717) is 17.7 Å². The Labute approximate surface area is 144 Å². The fourth-order valence-corrected chi connectivity index (χ4v) is 2.85. The van der Waals surface area contributed by atoms with Gasteiger partial charge in [-0.2, -0.15) is 0 Å². The molecule has 1 aliphatic heterocycles. The molecule has 0 radical (unpaired) electrons. The molecule has 0 atom stereocenters. The number of ketones is 1. The average molecular weight is 329 g/mol. The highest BCUT2D eigenvalue weighted by Crippen LogP contribution is 2.27. The van der Waals surface area contributed by atoms with Gasteiger partial charge in [0.15, 0.2) is 5.78 Å². The SMILES string of the molecule is O=C1NCc2ccc(-c3ccc(C(=O)c4cccnc4)cc3)cc2N1. The lowest BCUT2D eigenvalue weighted by atomic mass is 9.98. The summed E-state index contributed by atoms with van der Waals surface area (Å²) in [4.78, 5) is 27.9. The minimum atomic E-state index is -0.193. The van der Waals surface area contributed by atoms with Crippen molar-refractivity contribution in [2.24, 2.45) is 0 Å². The number of carbonyl (C=O) groups is 2. The van der Waals surface area contributed by atoms with Crippen LogP contribution in [-0.2, 0) is 6.54 Å². The van der Waals surface area contributed by atoms with Crippen molar-refractivity contribution in [3.8, 4) is 11.1 Å². The summed E-state index contributed by atoms with van der Waals surface area (Å²) >= 11 is 0. The summed E-state index contributed by atoms with van der Waals surface area (Å²) in [6.07, 6.45) is 3.21. The van der Waals surface area contributed by atoms with Gasteiger partial charge in [0.25, 0.3) is 0 Å². The van der Waals surface area contributed by atoms with Gasteiger partial charge in [0.2, 0.25) is 0 Å². The van der Waals surface area contributed by atoms with E-state index >= 15 is 0 Å². The van der Waals surface area contributed by atoms with Crippen molar-refractivity contribution in [2.45, 2.75) is 6.54 Å². The minimum Gasteiger partial charge on any atom is -0.334 e. The summed E-state index contributed by atoms with van der Waals surface area (Å²) in [6, 6.07) is 16.7. The molecule has 2 N–H and O–H groups in total. The number of nitrogens with one attached hydrogen (secondary N) is 2. The Kier molecular flexibility index (Phi) is 3.74. The molecule has 122 valence electrons. The molecule has 2 heterocycles. The molecule has 0 saturated heterocycles. The van der Waals surface area contributed by atoms with E-state index in [1.165, 1.54) is 0 Å². The van der Waals surface area contributed by atoms with Crippen LogP contribution >= 0.6 is 0 Å². The number of amides is 2. The third kappa shape index (κ3) is 2.99. The number of urea groups is 1. The van der Waals surface area contributed by atoms with E-state index in [1.807, 2.05) is 42.5 Å². The molecule has 0 saturated carbocycles. The summed E-state index contributed by atoms with van der Waals surface area (Å²) in [7, 11) is 0. The van der Waals surface area contributed by atoms with Crippen LogP contribution in [0.3, 0.4) is 0 Å². The molecular formula is C20H15N3O2. The zero-order chi connectivity index (χ0) is 17.2. The summed E-state index contributed by atoms with van der Waals surface area (Å²) in [5.41, 5.74) is 5.02. The maximum absolute atomic E-state index is 12.4. The zero-order valence-corrected chi connectivity index (χ0v) is 13.3. The van der Waals surface area contributed by atoms with E-state index in [0.717, 1.165) is 22.4 Å². The van der Waals surface area contributed by atoms with Crippen LogP contribution in [0.1, 0.15) is 21.5 Å². The molecule has 1 aromatic heterocycles. The van der Waals surface area contributed by atoms with E-state index in [9.17, 15) is 9.59 Å². The Bertz CT molecular complexity index is 950. The molecule has 0 fully saturated rings.